The minimum Gasteiger partial charge on any atom is -0.481 e. The normalized spacial score (nSPS) is 17.7. The third-order valence-electron chi connectivity index (χ3n) is 4.37. The molecule has 1 amide bonds. The van der Waals surface area contributed by atoms with E-state index in [0.717, 1.165) is 25.1 Å². The summed E-state index contributed by atoms with van der Waals surface area (Å²) in [6.07, 6.45) is 6.05. The van der Waals surface area contributed by atoms with E-state index in [0.29, 0.717) is 18.5 Å². The first-order valence-corrected chi connectivity index (χ1v) is 8.11. The van der Waals surface area contributed by atoms with E-state index in [-0.39, 0.29) is 18.2 Å². The van der Waals surface area contributed by atoms with E-state index in [1.807, 2.05) is 17.0 Å². The monoisotopic (exact) mass is 328 g/mol. The highest BCUT2D eigenvalue weighted by molar-refractivity contribution is 5.94. The zero-order valence-corrected chi connectivity index (χ0v) is 13.3. The minimum atomic E-state index is -0.776. The van der Waals surface area contributed by atoms with Crippen LogP contribution in [0.5, 0.6) is 0 Å². The second kappa shape index (κ2) is 7.25. The van der Waals surface area contributed by atoms with Crippen LogP contribution in [0.15, 0.2) is 36.7 Å². The second-order valence-electron chi connectivity index (χ2n) is 6.09. The zero-order valence-electron chi connectivity index (χ0n) is 13.3. The molecular formula is C17H20N4O3. The lowest BCUT2D eigenvalue weighted by Gasteiger charge is -2.32. The van der Waals surface area contributed by atoms with E-state index in [1.54, 1.807) is 29.2 Å². The quantitative estimate of drug-likeness (QED) is 0.906. The van der Waals surface area contributed by atoms with Gasteiger partial charge in [-0.3, -0.25) is 9.59 Å². The van der Waals surface area contributed by atoms with Crippen molar-refractivity contribution < 1.29 is 14.7 Å². The molecule has 1 aromatic carbocycles. The molecule has 2 aromatic rings. The molecule has 0 saturated carbocycles. The predicted octanol–water partition coefficient (Wildman–Crippen LogP) is 1.98. The van der Waals surface area contributed by atoms with Crippen LogP contribution in [0.3, 0.4) is 0 Å². The Bertz CT molecular complexity index is 697. The number of aromatic nitrogens is 3. The van der Waals surface area contributed by atoms with Crippen LogP contribution >= 0.6 is 0 Å². The average Bonchev–Trinajstić information content (AvgIpc) is 3.14. The molecule has 1 unspecified atom stereocenters. The zero-order chi connectivity index (χ0) is 16.9. The van der Waals surface area contributed by atoms with Crippen molar-refractivity contribution in [2.45, 2.75) is 25.7 Å². The Morgan fingerprint density at radius 1 is 1.25 bits per heavy atom. The van der Waals surface area contributed by atoms with Gasteiger partial charge in [0.15, 0.2) is 0 Å². The molecule has 2 heterocycles. The number of carbonyl (C=O) groups excluding carboxylic acids is 1. The van der Waals surface area contributed by atoms with Gasteiger partial charge in [0, 0.05) is 25.1 Å². The molecule has 1 aliphatic heterocycles. The van der Waals surface area contributed by atoms with Gasteiger partial charge in [-0.05, 0) is 49.4 Å². The van der Waals surface area contributed by atoms with Gasteiger partial charge in [-0.2, -0.15) is 0 Å². The molecule has 0 bridgehead atoms. The molecular weight excluding hydrogens is 308 g/mol. The number of carboxylic acid groups (broad SMARTS) is 1. The van der Waals surface area contributed by atoms with Gasteiger partial charge < -0.3 is 10.0 Å². The van der Waals surface area contributed by atoms with E-state index in [1.165, 1.54) is 0 Å². The Balaban J connectivity index is 1.64. The fraction of sp³-hybridized carbons (Fsp3) is 0.412. The summed E-state index contributed by atoms with van der Waals surface area (Å²) in [7, 11) is 0. The molecule has 24 heavy (non-hydrogen) atoms. The average molecular weight is 328 g/mol. The van der Waals surface area contributed by atoms with E-state index in [2.05, 4.69) is 10.3 Å². The summed E-state index contributed by atoms with van der Waals surface area (Å²) in [6, 6.07) is 7.27. The number of carbonyl (C=O) groups is 2. The van der Waals surface area contributed by atoms with Gasteiger partial charge in [-0.1, -0.05) is 5.21 Å². The fourth-order valence-electron chi connectivity index (χ4n) is 3.10. The van der Waals surface area contributed by atoms with Crippen molar-refractivity contribution in [3.8, 4) is 5.69 Å². The number of carboxylic acids is 1. The number of hydrogen-bond donors (Lipinski definition) is 1. The Hall–Kier alpha value is -2.70. The molecule has 0 radical (unpaired) electrons. The molecule has 7 heteroatoms. The highest BCUT2D eigenvalue weighted by atomic mass is 16.4. The minimum absolute atomic E-state index is 0.000153. The molecule has 1 saturated heterocycles. The van der Waals surface area contributed by atoms with Gasteiger partial charge in [0.05, 0.1) is 18.1 Å². The number of rotatable bonds is 5. The molecule has 1 atom stereocenters. The highest BCUT2D eigenvalue weighted by Gasteiger charge is 2.24. The Morgan fingerprint density at radius 3 is 2.71 bits per heavy atom. The number of benzene rings is 1. The van der Waals surface area contributed by atoms with Gasteiger partial charge in [-0.25, -0.2) is 4.68 Å². The van der Waals surface area contributed by atoms with Crippen LogP contribution in [0.25, 0.3) is 5.69 Å². The molecule has 3 rings (SSSR count). The molecule has 1 fully saturated rings. The van der Waals surface area contributed by atoms with Gasteiger partial charge in [0.1, 0.15) is 0 Å². The van der Waals surface area contributed by atoms with Crippen molar-refractivity contribution in [2.24, 2.45) is 5.92 Å². The van der Waals surface area contributed by atoms with Crippen LogP contribution in [0.2, 0.25) is 0 Å². The molecule has 1 N–H and O–H groups in total. The van der Waals surface area contributed by atoms with Gasteiger partial charge >= 0.3 is 5.97 Å². The van der Waals surface area contributed by atoms with Gasteiger partial charge in [-0.15, -0.1) is 5.10 Å². The number of piperidine rings is 1. The lowest BCUT2D eigenvalue weighted by atomic mass is 9.93. The van der Waals surface area contributed by atoms with Gasteiger partial charge in [0.25, 0.3) is 5.91 Å². The second-order valence-corrected chi connectivity index (χ2v) is 6.09. The maximum absolute atomic E-state index is 12.7. The number of likely N-dealkylation sites (tertiary alicyclic amines) is 1. The summed E-state index contributed by atoms with van der Waals surface area (Å²) in [5.41, 5.74) is 1.49. The Labute approximate surface area is 139 Å². The van der Waals surface area contributed by atoms with Crippen molar-refractivity contribution in [2.75, 3.05) is 13.1 Å². The molecule has 126 valence electrons. The molecule has 0 spiro atoms. The smallest absolute Gasteiger partial charge is 0.303 e. The largest absolute Gasteiger partial charge is 0.481 e. The van der Waals surface area contributed by atoms with E-state index in [9.17, 15) is 9.59 Å². The predicted molar refractivity (Wildman–Crippen MR) is 86.9 cm³/mol. The van der Waals surface area contributed by atoms with E-state index < -0.39 is 5.97 Å². The summed E-state index contributed by atoms with van der Waals surface area (Å²) in [6.45, 7) is 1.37. The number of nitrogens with zero attached hydrogens (tertiary/aromatic N) is 4. The SMILES string of the molecule is O=C(O)CCC1CCCN(C(=O)c2ccc(-n3ccnn3)cc2)C1. The summed E-state index contributed by atoms with van der Waals surface area (Å²) >= 11 is 0. The molecule has 0 aliphatic carbocycles. The summed E-state index contributed by atoms with van der Waals surface area (Å²) in [5, 5.41) is 16.5. The van der Waals surface area contributed by atoms with Crippen LogP contribution in [0.1, 0.15) is 36.0 Å². The first kappa shape index (κ1) is 16.2. The van der Waals surface area contributed by atoms with Gasteiger partial charge in [0.2, 0.25) is 0 Å². The van der Waals surface area contributed by atoms with Crippen LogP contribution in [0.4, 0.5) is 0 Å². The highest BCUT2D eigenvalue weighted by Crippen LogP contribution is 2.22. The summed E-state index contributed by atoms with van der Waals surface area (Å²) < 4.78 is 1.64. The molecule has 1 aliphatic rings. The molecule has 1 aromatic heterocycles. The topological polar surface area (TPSA) is 88.3 Å². The van der Waals surface area contributed by atoms with Crippen LogP contribution in [0, 0.1) is 5.92 Å². The van der Waals surface area contributed by atoms with E-state index in [4.69, 9.17) is 5.11 Å². The molecule has 7 nitrogen and oxygen atoms in total. The summed E-state index contributed by atoms with van der Waals surface area (Å²) in [4.78, 5) is 25.2. The lowest BCUT2D eigenvalue weighted by Crippen LogP contribution is -2.40. The third-order valence-corrected chi connectivity index (χ3v) is 4.37. The maximum Gasteiger partial charge on any atom is 0.303 e. The number of hydrogen-bond acceptors (Lipinski definition) is 4. The van der Waals surface area contributed by atoms with Crippen LogP contribution < -0.4 is 0 Å². The first-order chi connectivity index (χ1) is 11.6. The fourth-order valence-corrected chi connectivity index (χ4v) is 3.10. The third kappa shape index (κ3) is 3.79. The van der Waals surface area contributed by atoms with Crippen LogP contribution in [-0.4, -0.2) is 50.0 Å². The first-order valence-electron chi connectivity index (χ1n) is 8.11. The lowest BCUT2D eigenvalue weighted by molar-refractivity contribution is -0.137. The van der Waals surface area contributed by atoms with E-state index >= 15 is 0 Å². The van der Waals surface area contributed by atoms with Crippen molar-refractivity contribution >= 4 is 11.9 Å². The van der Waals surface area contributed by atoms with Crippen molar-refractivity contribution in [1.29, 1.82) is 0 Å². The van der Waals surface area contributed by atoms with Crippen LogP contribution in [-0.2, 0) is 4.79 Å². The Morgan fingerprint density at radius 2 is 2.04 bits per heavy atom. The van der Waals surface area contributed by atoms with Crippen molar-refractivity contribution in [3.63, 3.8) is 0 Å². The number of amides is 1. The maximum atomic E-state index is 12.7. The standard InChI is InChI=1S/C17H20N4O3/c22-16(23)8-3-13-2-1-10-20(12-13)17(24)14-4-6-15(7-5-14)21-11-9-18-19-21/h4-7,9,11,13H,1-3,8,10,12H2,(H,22,23). The van der Waals surface area contributed by atoms with Crippen molar-refractivity contribution in [3.05, 3.63) is 42.2 Å². The number of aliphatic carboxylic acids is 1. The Kier molecular flexibility index (Phi) is 4.88. The van der Waals surface area contributed by atoms with Crippen molar-refractivity contribution in [1.82, 2.24) is 19.9 Å². The summed E-state index contributed by atoms with van der Waals surface area (Å²) in [5.74, 6) is -0.504.